The number of ether oxygens (including phenoxy) is 1. The summed E-state index contributed by atoms with van der Waals surface area (Å²) in [5.74, 6) is -8.94. The molecular formula is C31H49ClF4N8O6. The summed E-state index contributed by atoms with van der Waals surface area (Å²) >= 11 is 0. The first-order chi connectivity index (χ1) is 22.4. The number of rotatable bonds is 6. The lowest BCUT2D eigenvalue weighted by Crippen LogP contribution is -2.54. The van der Waals surface area contributed by atoms with Crippen LogP contribution in [0.5, 0.6) is 0 Å². The normalized spacial score (nSPS) is 20.5. The maximum absolute atomic E-state index is 14.5. The number of nitrogens with one attached hydrogen (secondary N) is 3. The van der Waals surface area contributed by atoms with Crippen LogP contribution in [0, 0.1) is 11.8 Å². The monoisotopic (exact) mass is 740 g/mol. The molecule has 2 aromatic rings. The summed E-state index contributed by atoms with van der Waals surface area (Å²) in [5.41, 5.74) is -1.55. The molecule has 19 heteroatoms. The van der Waals surface area contributed by atoms with Crippen molar-refractivity contribution in [2.45, 2.75) is 103 Å². The quantitative estimate of drug-likeness (QED) is 0.348. The van der Waals surface area contributed by atoms with Gasteiger partial charge in [-0.1, -0.05) is 51.9 Å². The van der Waals surface area contributed by atoms with Gasteiger partial charge in [0.15, 0.2) is 0 Å². The Morgan fingerprint density at radius 2 is 1.28 bits per heavy atom. The van der Waals surface area contributed by atoms with Crippen molar-refractivity contribution in [3.05, 3.63) is 23.4 Å². The molecule has 2 atom stereocenters. The Bertz CT molecular complexity index is 1450. The molecule has 3 N–H and O–H groups in total. The van der Waals surface area contributed by atoms with E-state index in [0.717, 1.165) is 4.90 Å². The Labute approximate surface area is 295 Å². The van der Waals surface area contributed by atoms with E-state index in [-0.39, 0.29) is 68.0 Å². The van der Waals surface area contributed by atoms with E-state index >= 15 is 0 Å². The number of hydrogen-bond donors (Lipinski definition) is 3. The fourth-order valence-corrected chi connectivity index (χ4v) is 4.69. The zero-order chi connectivity index (χ0) is 37.0. The highest BCUT2D eigenvalue weighted by Crippen LogP contribution is 2.33. The SMILES string of the molecule is CC(C)(C)OC(=O)N1CCC(CNC(=O)c2noc(C(C)(C)C)n2)C(F)(F)C1.CC(C)(C)c1nc(C(=O)NCC2CCNCC2(F)F)no1.Cl. The van der Waals surface area contributed by atoms with Gasteiger partial charge in [0.05, 0.1) is 13.1 Å². The number of carbonyl (C=O) groups excluding carboxylic acids is 3. The number of hydrogen-bond acceptors (Lipinski definition) is 11. The van der Waals surface area contributed by atoms with Crippen LogP contribution in [0.1, 0.15) is 108 Å². The average molecular weight is 741 g/mol. The topological polar surface area (TPSA) is 178 Å². The third-order valence-corrected chi connectivity index (χ3v) is 7.59. The molecule has 284 valence electrons. The number of amides is 3. The summed E-state index contributed by atoms with van der Waals surface area (Å²) in [6.07, 6.45) is -0.421. The molecule has 0 spiro atoms. The van der Waals surface area contributed by atoms with Crippen molar-refractivity contribution < 1.29 is 45.7 Å². The van der Waals surface area contributed by atoms with E-state index < -0.39 is 59.1 Å². The molecule has 0 radical (unpaired) electrons. The third-order valence-electron chi connectivity index (χ3n) is 7.59. The summed E-state index contributed by atoms with van der Waals surface area (Å²) in [6, 6.07) is 0. The molecule has 2 unspecified atom stereocenters. The number of alkyl halides is 4. The van der Waals surface area contributed by atoms with Gasteiger partial charge in [-0.15, -0.1) is 12.4 Å². The highest BCUT2D eigenvalue weighted by atomic mass is 35.5. The lowest BCUT2D eigenvalue weighted by molar-refractivity contribution is -0.108. The molecule has 3 amide bonds. The minimum atomic E-state index is -3.16. The molecule has 2 fully saturated rings. The molecule has 4 rings (SSSR count). The Balaban J connectivity index is 0.000000353. The van der Waals surface area contributed by atoms with Gasteiger partial charge in [0.1, 0.15) is 5.60 Å². The van der Waals surface area contributed by atoms with E-state index in [1.54, 1.807) is 20.8 Å². The highest BCUT2D eigenvalue weighted by molar-refractivity contribution is 5.90. The van der Waals surface area contributed by atoms with Crippen molar-refractivity contribution in [2.75, 3.05) is 39.3 Å². The summed E-state index contributed by atoms with van der Waals surface area (Å²) in [6.45, 7) is 15.4. The van der Waals surface area contributed by atoms with E-state index in [0.29, 0.717) is 18.9 Å². The largest absolute Gasteiger partial charge is 0.444 e. The van der Waals surface area contributed by atoms with Crippen LogP contribution in [0.4, 0.5) is 22.4 Å². The van der Waals surface area contributed by atoms with Gasteiger partial charge in [0, 0.05) is 42.3 Å². The standard InChI is InChI=1S/C18H28F2N4O4.C13H20F2N4O2.ClH/c1-16(2,3)14-22-12(23-28-14)13(25)21-9-11-7-8-24(10-18(11,19)20)15(26)27-17(4,5)6;1-12(2,3)11-18-9(19-21-11)10(20)17-6-8-4-5-16-7-13(8,14)15;/h11H,7-10H2,1-6H3,(H,21,25);8,16H,4-7H2,1-3H3,(H,17,20);1H. The molecular weight excluding hydrogens is 692 g/mol. The van der Waals surface area contributed by atoms with Gasteiger partial charge in [0.25, 0.3) is 35.3 Å². The zero-order valence-corrected chi connectivity index (χ0v) is 30.7. The van der Waals surface area contributed by atoms with Gasteiger partial charge in [-0.25, -0.2) is 22.4 Å². The predicted molar refractivity (Wildman–Crippen MR) is 175 cm³/mol. The van der Waals surface area contributed by atoms with Crippen molar-refractivity contribution >= 4 is 30.3 Å². The minimum absolute atomic E-state index is 0. The van der Waals surface area contributed by atoms with Gasteiger partial charge < -0.3 is 34.6 Å². The van der Waals surface area contributed by atoms with Crippen LogP contribution < -0.4 is 16.0 Å². The number of likely N-dealkylation sites (tertiary alicyclic amines) is 1. The molecule has 0 saturated carbocycles. The second-order valence-corrected chi connectivity index (χ2v) is 15.3. The van der Waals surface area contributed by atoms with Crippen molar-refractivity contribution in [1.29, 1.82) is 0 Å². The molecule has 4 heterocycles. The summed E-state index contributed by atoms with van der Waals surface area (Å²) < 4.78 is 71.4. The Hall–Kier alpha value is -3.54. The molecule has 2 aliphatic heterocycles. The van der Waals surface area contributed by atoms with Gasteiger partial charge in [-0.3, -0.25) is 9.59 Å². The molecule has 14 nitrogen and oxygen atoms in total. The summed E-state index contributed by atoms with van der Waals surface area (Å²) in [7, 11) is 0. The summed E-state index contributed by atoms with van der Waals surface area (Å²) in [5, 5.41) is 14.7. The molecule has 2 aliphatic rings. The number of carbonyl (C=O) groups is 3. The van der Waals surface area contributed by atoms with Crippen molar-refractivity contribution in [2.24, 2.45) is 11.8 Å². The lowest BCUT2D eigenvalue weighted by Gasteiger charge is -2.38. The first kappa shape index (κ1) is 42.6. The van der Waals surface area contributed by atoms with Gasteiger partial charge in [-0.2, -0.15) is 9.97 Å². The fraction of sp³-hybridized carbons (Fsp3) is 0.774. The molecule has 2 saturated heterocycles. The Morgan fingerprint density at radius 1 is 0.820 bits per heavy atom. The fourth-order valence-electron chi connectivity index (χ4n) is 4.69. The molecule has 50 heavy (non-hydrogen) atoms. The molecule has 2 aromatic heterocycles. The van der Waals surface area contributed by atoms with E-state index in [4.69, 9.17) is 13.8 Å². The number of nitrogens with zero attached hydrogens (tertiary/aromatic N) is 5. The second kappa shape index (κ2) is 16.2. The van der Waals surface area contributed by atoms with E-state index in [9.17, 15) is 31.9 Å². The van der Waals surface area contributed by atoms with Crippen LogP contribution in [-0.2, 0) is 15.6 Å². The minimum Gasteiger partial charge on any atom is -0.444 e. The second-order valence-electron chi connectivity index (χ2n) is 15.3. The molecule has 0 aromatic carbocycles. The van der Waals surface area contributed by atoms with Crippen LogP contribution in [0.15, 0.2) is 9.05 Å². The smallest absolute Gasteiger partial charge is 0.410 e. The Kier molecular flexibility index (Phi) is 13.8. The van der Waals surface area contributed by atoms with E-state index in [1.807, 2.05) is 41.5 Å². The van der Waals surface area contributed by atoms with E-state index in [2.05, 4.69) is 36.2 Å². The number of piperidine rings is 2. The first-order valence-electron chi connectivity index (χ1n) is 16.1. The maximum atomic E-state index is 14.5. The first-order valence-corrected chi connectivity index (χ1v) is 16.1. The van der Waals surface area contributed by atoms with Crippen molar-refractivity contribution in [3.63, 3.8) is 0 Å². The third kappa shape index (κ3) is 12.1. The zero-order valence-electron chi connectivity index (χ0n) is 29.9. The molecule has 0 bridgehead atoms. The van der Waals surface area contributed by atoms with Crippen LogP contribution in [0.3, 0.4) is 0 Å². The van der Waals surface area contributed by atoms with Gasteiger partial charge in [0.2, 0.25) is 11.8 Å². The summed E-state index contributed by atoms with van der Waals surface area (Å²) in [4.78, 5) is 45.0. The van der Waals surface area contributed by atoms with Crippen LogP contribution in [0.25, 0.3) is 0 Å². The van der Waals surface area contributed by atoms with Crippen LogP contribution >= 0.6 is 12.4 Å². The maximum Gasteiger partial charge on any atom is 0.410 e. The number of aromatic nitrogens is 4. The van der Waals surface area contributed by atoms with Crippen molar-refractivity contribution in [1.82, 2.24) is 41.1 Å². The van der Waals surface area contributed by atoms with Crippen LogP contribution in [0.2, 0.25) is 0 Å². The lowest BCUT2D eigenvalue weighted by atomic mass is 9.93. The van der Waals surface area contributed by atoms with Gasteiger partial charge in [-0.05, 0) is 40.2 Å². The molecule has 0 aliphatic carbocycles. The van der Waals surface area contributed by atoms with E-state index in [1.165, 1.54) is 0 Å². The number of halogens is 5. The van der Waals surface area contributed by atoms with Crippen molar-refractivity contribution in [3.8, 4) is 0 Å². The van der Waals surface area contributed by atoms with Gasteiger partial charge >= 0.3 is 6.09 Å². The van der Waals surface area contributed by atoms with Crippen LogP contribution in [-0.4, -0.2) is 99.8 Å². The average Bonchev–Trinajstić information content (AvgIpc) is 3.66. The highest BCUT2D eigenvalue weighted by Gasteiger charge is 2.47. The predicted octanol–water partition coefficient (Wildman–Crippen LogP) is 4.75. The Morgan fingerprint density at radius 3 is 1.66 bits per heavy atom.